The molecule has 0 atom stereocenters. The van der Waals surface area contributed by atoms with Crippen molar-refractivity contribution in [3.8, 4) is 0 Å². The van der Waals surface area contributed by atoms with E-state index < -0.39 is 0 Å². The SMILES string of the molecule is Cc1ccc(NCCC2=CCCCC2)c(N)c1. The summed E-state index contributed by atoms with van der Waals surface area (Å²) in [6, 6.07) is 6.18. The monoisotopic (exact) mass is 230 g/mol. The van der Waals surface area contributed by atoms with Crippen LogP contribution >= 0.6 is 0 Å². The van der Waals surface area contributed by atoms with Crippen LogP contribution < -0.4 is 11.1 Å². The first kappa shape index (κ1) is 12.0. The molecule has 2 heteroatoms. The zero-order chi connectivity index (χ0) is 12.1. The number of hydrogen-bond acceptors (Lipinski definition) is 2. The number of hydrogen-bond donors (Lipinski definition) is 2. The molecular formula is C15H22N2. The second-order valence-electron chi connectivity index (χ2n) is 4.88. The van der Waals surface area contributed by atoms with Gasteiger partial charge in [0.05, 0.1) is 11.4 Å². The molecule has 1 aliphatic carbocycles. The summed E-state index contributed by atoms with van der Waals surface area (Å²) in [4.78, 5) is 0. The van der Waals surface area contributed by atoms with Crippen molar-refractivity contribution >= 4 is 11.4 Å². The Morgan fingerprint density at radius 1 is 1.29 bits per heavy atom. The maximum Gasteiger partial charge on any atom is 0.0574 e. The van der Waals surface area contributed by atoms with Crippen LogP contribution in [0.5, 0.6) is 0 Å². The molecule has 0 radical (unpaired) electrons. The van der Waals surface area contributed by atoms with E-state index in [1.807, 2.05) is 6.07 Å². The summed E-state index contributed by atoms with van der Waals surface area (Å²) in [5.41, 5.74) is 10.7. The Hall–Kier alpha value is -1.44. The highest BCUT2D eigenvalue weighted by atomic mass is 14.9. The molecule has 0 bridgehead atoms. The van der Waals surface area contributed by atoms with E-state index in [9.17, 15) is 0 Å². The van der Waals surface area contributed by atoms with Crippen LogP contribution in [0.15, 0.2) is 29.8 Å². The summed E-state index contributed by atoms with van der Waals surface area (Å²) in [7, 11) is 0. The highest BCUT2D eigenvalue weighted by molar-refractivity contribution is 5.66. The Kier molecular flexibility index (Phi) is 4.08. The summed E-state index contributed by atoms with van der Waals surface area (Å²) in [6.45, 7) is 3.05. The number of nitrogen functional groups attached to an aromatic ring is 1. The molecule has 2 rings (SSSR count). The maximum absolute atomic E-state index is 5.96. The number of allylic oxidation sites excluding steroid dienone is 1. The molecule has 1 aromatic carbocycles. The van der Waals surface area contributed by atoms with Crippen molar-refractivity contribution in [3.63, 3.8) is 0 Å². The van der Waals surface area contributed by atoms with Gasteiger partial charge in [-0.2, -0.15) is 0 Å². The average molecular weight is 230 g/mol. The van der Waals surface area contributed by atoms with Gasteiger partial charge in [0.2, 0.25) is 0 Å². The molecule has 0 saturated carbocycles. The van der Waals surface area contributed by atoms with Crippen molar-refractivity contribution in [2.24, 2.45) is 0 Å². The molecule has 1 aliphatic rings. The maximum atomic E-state index is 5.96. The number of aryl methyl sites for hydroxylation is 1. The van der Waals surface area contributed by atoms with Crippen LogP contribution in [0, 0.1) is 6.92 Å². The smallest absolute Gasteiger partial charge is 0.0574 e. The predicted octanol–water partition coefficient (Wildman–Crippen LogP) is 3.88. The van der Waals surface area contributed by atoms with Crippen molar-refractivity contribution < 1.29 is 0 Å². The Balaban J connectivity index is 1.83. The van der Waals surface area contributed by atoms with Gasteiger partial charge in [0, 0.05) is 6.54 Å². The van der Waals surface area contributed by atoms with Crippen molar-refractivity contribution in [2.75, 3.05) is 17.6 Å². The van der Waals surface area contributed by atoms with Crippen LogP contribution in [0.4, 0.5) is 11.4 Å². The molecular weight excluding hydrogens is 208 g/mol. The summed E-state index contributed by atoms with van der Waals surface area (Å²) in [5, 5.41) is 3.42. The molecule has 0 fully saturated rings. The van der Waals surface area contributed by atoms with Gasteiger partial charge in [-0.1, -0.05) is 17.7 Å². The van der Waals surface area contributed by atoms with E-state index in [4.69, 9.17) is 5.73 Å². The Morgan fingerprint density at radius 3 is 2.88 bits per heavy atom. The van der Waals surface area contributed by atoms with E-state index in [1.165, 1.54) is 31.2 Å². The normalized spacial score (nSPS) is 15.5. The Morgan fingerprint density at radius 2 is 2.18 bits per heavy atom. The summed E-state index contributed by atoms with van der Waals surface area (Å²) in [5.74, 6) is 0. The zero-order valence-corrected chi connectivity index (χ0v) is 10.6. The van der Waals surface area contributed by atoms with Crippen LogP contribution in [0.25, 0.3) is 0 Å². The first-order chi connectivity index (χ1) is 8.25. The number of nitrogens with two attached hydrogens (primary N) is 1. The van der Waals surface area contributed by atoms with Crippen LogP contribution in [-0.4, -0.2) is 6.54 Å². The van der Waals surface area contributed by atoms with Crippen molar-refractivity contribution in [1.82, 2.24) is 0 Å². The van der Waals surface area contributed by atoms with Gasteiger partial charge < -0.3 is 11.1 Å². The Bertz CT molecular complexity index is 407. The average Bonchev–Trinajstić information content (AvgIpc) is 2.33. The molecule has 0 aromatic heterocycles. The van der Waals surface area contributed by atoms with Gasteiger partial charge in [-0.25, -0.2) is 0 Å². The van der Waals surface area contributed by atoms with E-state index in [2.05, 4.69) is 30.4 Å². The fourth-order valence-corrected chi connectivity index (χ4v) is 2.33. The predicted molar refractivity (Wildman–Crippen MR) is 75.2 cm³/mol. The molecule has 0 saturated heterocycles. The van der Waals surface area contributed by atoms with Crippen molar-refractivity contribution in [2.45, 2.75) is 39.0 Å². The lowest BCUT2D eigenvalue weighted by molar-refractivity contribution is 0.679. The molecule has 0 unspecified atom stereocenters. The fraction of sp³-hybridized carbons (Fsp3) is 0.467. The highest BCUT2D eigenvalue weighted by Crippen LogP contribution is 2.22. The molecule has 0 amide bonds. The van der Waals surface area contributed by atoms with Gasteiger partial charge in [0.15, 0.2) is 0 Å². The molecule has 0 heterocycles. The summed E-state index contributed by atoms with van der Waals surface area (Å²) >= 11 is 0. The van der Waals surface area contributed by atoms with Gasteiger partial charge in [-0.3, -0.25) is 0 Å². The third kappa shape index (κ3) is 3.52. The Labute approximate surface area is 104 Å². The van der Waals surface area contributed by atoms with E-state index in [0.29, 0.717) is 0 Å². The van der Waals surface area contributed by atoms with Gasteiger partial charge >= 0.3 is 0 Å². The zero-order valence-electron chi connectivity index (χ0n) is 10.6. The first-order valence-electron chi connectivity index (χ1n) is 6.53. The number of nitrogens with one attached hydrogen (secondary N) is 1. The number of benzene rings is 1. The standard InChI is InChI=1S/C15H22N2/c1-12-7-8-15(14(16)11-12)17-10-9-13-5-3-2-4-6-13/h5,7-8,11,17H,2-4,6,9-10,16H2,1H3. The second-order valence-corrected chi connectivity index (χ2v) is 4.88. The minimum absolute atomic E-state index is 0.850. The van der Waals surface area contributed by atoms with Gasteiger partial charge in [-0.15, -0.1) is 0 Å². The van der Waals surface area contributed by atoms with E-state index in [0.717, 1.165) is 24.3 Å². The van der Waals surface area contributed by atoms with Gasteiger partial charge in [0.25, 0.3) is 0 Å². The van der Waals surface area contributed by atoms with Crippen molar-refractivity contribution in [3.05, 3.63) is 35.4 Å². The van der Waals surface area contributed by atoms with Crippen molar-refractivity contribution in [1.29, 1.82) is 0 Å². The lowest BCUT2D eigenvalue weighted by Gasteiger charge is -2.14. The number of anilines is 2. The fourth-order valence-electron chi connectivity index (χ4n) is 2.33. The van der Waals surface area contributed by atoms with E-state index >= 15 is 0 Å². The van der Waals surface area contributed by atoms with Crippen LogP contribution in [-0.2, 0) is 0 Å². The number of rotatable bonds is 4. The molecule has 17 heavy (non-hydrogen) atoms. The second kappa shape index (κ2) is 5.76. The third-order valence-corrected chi connectivity index (χ3v) is 3.35. The lowest BCUT2D eigenvalue weighted by atomic mass is 9.97. The minimum atomic E-state index is 0.850. The summed E-state index contributed by atoms with van der Waals surface area (Å²) < 4.78 is 0. The quantitative estimate of drug-likeness (QED) is 0.608. The van der Waals surface area contributed by atoms with Crippen LogP contribution in [0.1, 0.15) is 37.7 Å². The largest absolute Gasteiger partial charge is 0.397 e. The minimum Gasteiger partial charge on any atom is -0.397 e. The molecule has 0 aliphatic heterocycles. The molecule has 3 N–H and O–H groups in total. The lowest BCUT2D eigenvalue weighted by Crippen LogP contribution is -2.06. The van der Waals surface area contributed by atoms with Gasteiger partial charge in [0.1, 0.15) is 0 Å². The topological polar surface area (TPSA) is 38.0 Å². The van der Waals surface area contributed by atoms with E-state index in [1.54, 1.807) is 5.57 Å². The molecule has 92 valence electrons. The molecule has 1 aromatic rings. The molecule has 2 nitrogen and oxygen atoms in total. The van der Waals surface area contributed by atoms with Gasteiger partial charge in [-0.05, 0) is 56.7 Å². The van der Waals surface area contributed by atoms with Crippen LogP contribution in [0.2, 0.25) is 0 Å². The first-order valence-corrected chi connectivity index (χ1v) is 6.53. The molecule has 0 spiro atoms. The van der Waals surface area contributed by atoms with Crippen LogP contribution in [0.3, 0.4) is 0 Å². The third-order valence-electron chi connectivity index (χ3n) is 3.35. The van der Waals surface area contributed by atoms with E-state index in [-0.39, 0.29) is 0 Å². The summed E-state index contributed by atoms with van der Waals surface area (Å²) in [6.07, 6.45) is 8.82. The highest BCUT2D eigenvalue weighted by Gasteiger charge is 2.04.